The quantitative estimate of drug-likeness (QED) is 0.412. The van der Waals surface area contributed by atoms with Crippen LogP contribution in [-0.2, 0) is 11.8 Å². The number of nitriles is 1. The van der Waals surface area contributed by atoms with Crippen molar-refractivity contribution in [3.05, 3.63) is 90.0 Å². The first-order valence-corrected chi connectivity index (χ1v) is 10.1. The maximum atomic E-state index is 9.82. The second-order valence-corrected chi connectivity index (χ2v) is 7.32. The molecule has 0 aliphatic rings. The number of benzene rings is 3. The van der Waals surface area contributed by atoms with E-state index in [9.17, 15) is 5.26 Å². The molecule has 3 heteroatoms. The van der Waals surface area contributed by atoms with Crippen molar-refractivity contribution in [1.82, 2.24) is 0 Å². The average Bonchev–Trinajstić information content (AvgIpc) is 2.75. The highest BCUT2D eigenvalue weighted by Gasteiger charge is 2.26. The molecule has 0 heterocycles. The first-order chi connectivity index (χ1) is 14.1. The van der Waals surface area contributed by atoms with Crippen LogP contribution in [0, 0.1) is 11.3 Å². The van der Waals surface area contributed by atoms with Gasteiger partial charge >= 0.3 is 0 Å². The molecule has 3 aromatic rings. The van der Waals surface area contributed by atoms with Crippen LogP contribution in [0.2, 0.25) is 0 Å². The molecule has 0 saturated heterocycles. The summed E-state index contributed by atoms with van der Waals surface area (Å²) in [5.41, 5.74) is 1.73. The zero-order chi connectivity index (χ0) is 20.5. The van der Waals surface area contributed by atoms with Crippen LogP contribution in [0.4, 0.5) is 0 Å². The van der Waals surface area contributed by atoms with Gasteiger partial charge in [-0.3, -0.25) is 0 Å². The van der Waals surface area contributed by atoms with E-state index in [0.29, 0.717) is 6.61 Å². The lowest BCUT2D eigenvalue weighted by Gasteiger charge is -2.22. The Hall–Kier alpha value is -3.25. The van der Waals surface area contributed by atoms with Crippen LogP contribution >= 0.6 is 0 Å². The summed E-state index contributed by atoms with van der Waals surface area (Å²) in [6.45, 7) is 4.62. The Bertz CT molecular complexity index is 944. The molecule has 1 atom stereocenters. The monoisotopic (exact) mass is 385 g/mol. The second kappa shape index (κ2) is 9.80. The van der Waals surface area contributed by atoms with Gasteiger partial charge in [-0.1, -0.05) is 42.5 Å². The predicted octanol–water partition coefficient (Wildman–Crippen LogP) is 6.68. The molecule has 3 rings (SSSR count). The van der Waals surface area contributed by atoms with Crippen molar-refractivity contribution in [3.8, 4) is 23.3 Å². The van der Waals surface area contributed by atoms with Gasteiger partial charge in [0.1, 0.15) is 17.2 Å². The van der Waals surface area contributed by atoms with Gasteiger partial charge in [0.25, 0.3) is 0 Å². The van der Waals surface area contributed by atoms with E-state index in [1.807, 2.05) is 80.6 Å². The fourth-order valence-electron chi connectivity index (χ4n) is 3.39. The third-order valence-corrected chi connectivity index (χ3v) is 5.07. The van der Waals surface area contributed by atoms with Crippen molar-refractivity contribution in [3.63, 3.8) is 0 Å². The first-order valence-electron chi connectivity index (χ1n) is 10.1. The lowest BCUT2D eigenvalue weighted by Crippen LogP contribution is -2.19. The van der Waals surface area contributed by atoms with Crippen LogP contribution in [0.15, 0.2) is 78.9 Å². The summed E-state index contributed by atoms with van der Waals surface area (Å²) in [5, 5.41) is 9.82. The molecule has 0 N–H and O–H groups in total. The minimum absolute atomic E-state index is 0.511. The van der Waals surface area contributed by atoms with Gasteiger partial charge in [-0.2, -0.15) is 5.26 Å². The number of rotatable bonds is 9. The molecule has 0 radical (unpaired) electrons. The minimum Gasteiger partial charge on any atom is -0.494 e. The van der Waals surface area contributed by atoms with Gasteiger partial charge in [-0.15, -0.1) is 0 Å². The second-order valence-electron chi connectivity index (χ2n) is 7.32. The third-order valence-electron chi connectivity index (χ3n) is 5.07. The van der Waals surface area contributed by atoms with E-state index in [2.05, 4.69) is 18.2 Å². The average molecular weight is 386 g/mol. The fourth-order valence-corrected chi connectivity index (χ4v) is 3.39. The first kappa shape index (κ1) is 20.5. The highest BCUT2D eigenvalue weighted by Crippen LogP contribution is 2.31. The lowest BCUT2D eigenvalue weighted by molar-refractivity contribution is 0.340. The topological polar surface area (TPSA) is 42.2 Å². The molecule has 148 valence electrons. The predicted molar refractivity (Wildman–Crippen MR) is 116 cm³/mol. The van der Waals surface area contributed by atoms with Crippen molar-refractivity contribution in [2.75, 3.05) is 6.61 Å². The summed E-state index contributed by atoms with van der Waals surface area (Å²) in [5.74, 6) is 2.51. The highest BCUT2D eigenvalue weighted by atomic mass is 16.5. The van der Waals surface area contributed by atoms with E-state index in [1.54, 1.807) is 0 Å². The maximum absolute atomic E-state index is 9.82. The molecular formula is C26H27NO2. The Morgan fingerprint density at radius 2 is 1.59 bits per heavy atom. The molecule has 0 aliphatic carbocycles. The fraction of sp³-hybridized carbons (Fsp3) is 0.269. The minimum atomic E-state index is -0.511. The molecule has 0 fully saturated rings. The van der Waals surface area contributed by atoms with Crippen LogP contribution in [0.5, 0.6) is 17.2 Å². The van der Waals surface area contributed by atoms with Gasteiger partial charge in [0.2, 0.25) is 0 Å². The molecule has 0 spiro atoms. The summed E-state index contributed by atoms with van der Waals surface area (Å²) < 4.78 is 11.4. The lowest BCUT2D eigenvalue weighted by atomic mass is 9.79. The number of aryl methyl sites for hydroxylation is 1. The number of hydrogen-bond donors (Lipinski definition) is 0. The molecule has 3 aromatic carbocycles. The number of hydrogen-bond acceptors (Lipinski definition) is 3. The summed E-state index contributed by atoms with van der Waals surface area (Å²) >= 11 is 0. The Kier molecular flexibility index (Phi) is 6.92. The Morgan fingerprint density at radius 1 is 0.862 bits per heavy atom. The van der Waals surface area contributed by atoms with E-state index in [4.69, 9.17) is 9.47 Å². The Labute approximate surface area is 173 Å². The number of ether oxygens (including phenoxy) is 2. The Morgan fingerprint density at radius 3 is 2.28 bits per heavy atom. The molecule has 0 saturated carbocycles. The van der Waals surface area contributed by atoms with Crippen molar-refractivity contribution >= 4 is 0 Å². The molecule has 1 unspecified atom stereocenters. The van der Waals surface area contributed by atoms with Crippen molar-refractivity contribution in [2.24, 2.45) is 0 Å². The summed E-state index contributed by atoms with van der Waals surface area (Å²) in [6.07, 6.45) is 2.62. The third kappa shape index (κ3) is 5.62. The largest absolute Gasteiger partial charge is 0.494 e. The van der Waals surface area contributed by atoms with Crippen molar-refractivity contribution in [1.29, 1.82) is 5.26 Å². The molecule has 0 amide bonds. The van der Waals surface area contributed by atoms with Gasteiger partial charge in [0.05, 0.1) is 18.1 Å². The SMILES string of the molecule is CCOc1ccc(C(C)(C#N)CCCc2cccc(Oc3ccccc3)c2)cc1. The van der Waals surface area contributed by atoms with E-state index in [-0.39, 0.29) is 0 Å². The van der Waals surface area contributed by atoms with Crippen LogP contribution < -0.4 is 9.47 Å². The van der Waals surface area contributed by atoms with Crippen LogP contribution in [0.1, 0.15) is 37.8 Å². The summed E-state index contributed by atoms with van der Waals surface area (Å²) in [4.78, 5) is 0. The summed E-state index contributed by atoms with van der Waals surface area (Å²) in [7, 11) is 0. The van der Waals surface area contributed by atoms with Crippen LogP contribution in [0.3, 0.4) is 0 Å². The maximum Gasteiger partial charge on any atom is 0.127 e. The van der Waals surface area contributed by atoms with Crippen LogP contribution in [-0.4, -0.2) is 6.61 Å². The normalized spacial score (nSPS) is 12.6. The van der Waals surface area contributed by atoms with Gasteiger partial charge in [-0.05, 0) is 80.6 Å². The van der Waals surface area contributed by atoms with Gasteiger partial charge in [0.15, 0.2) is 0 Å². The molecule has 29 heavy (non-hydrogen) atoms. The standard InChI is InChI=1S/C26H27NO2/c1-3-28-23-16-14-22(15-17-23)26(2,20-27)18-8-10-21-9-7-13-25(19-21)29-24-11-5-4-6-12-24/h4-7,9,11-17,19H,3,8,10,18H2,1-2H3. The zero-order valence-electron chi connectivity index (χ0n) is 17.1. The van der Waals surface area contributed by atoms with Gasteiger partial charge < -0.3 is 9.47 Å². The van der Waals surface area contributed by atoms with E-state index in [0.717, 1.165) is 42.1 Å². The zero-order valence-corrected chi connectivity index (χ0v) is 17.1. The Balaban J connectivity index is 1.60. The van der Waals surface area contributed by atoms with Crippen LogP contribution in [0.25, 0.3) is 0 Å². The van der Waals surface area contributed by atoms with Gasteiger partial charge in [-0.25, -0.2) is 0 Å². The van der Waals surface area contributed by atoms with Crippen molar-refractivity contribution in [2.45, 2.75) is 38.5 Å². The summed E-state index contributed by atoms with van der Waals surface area (Å²) in [6, 6.07) is 28.4. The molecule has 0 aromatic heterocycles. The number of nitrogens with zero attached hydrogens (tertiary/aromatic N) is 1. The number of para-hydroxylation sites is 1. The van der Waals surface area contributed by atoms with Gasteiger partial charge in [0, 0.05) is 0 Å². The van der Waals surface area contributed by atoms with E-state index < -0.39 is 5.41 Å². The smallest absolute Gasteiger partial charge is 0.127 e. The van der Waals surface area contributed by atoms with Crippen molar-refractivity contribution < 1.29 is 9.47 Å². The van der Waals surface area contributed by atoms with E-state index >= 15 is 0 Å². The highest BCUT2D eigenvalue weighted by molar-refractivity contribution is 5.37. The molecule has 3 nitrogen and oxygen atoms in total. The molecule has 0 bridgehead atoms. The van der Waals surface area contributed by atoms with E-state index in [1.165, 1.54) is 5.56 Å². The molecular weight excluding hydrogens is 358 g/mol. The molecule has 0 aliphatic heterocycles.